The maximum absolute atomic E-state index is 6.32. The SMILES string of the molecule is CCO[Si](CCCSCCCOc1ccc2cc(C3(c4ccc5cc(OCCCSCCC[Si](OCC)(OCC)OCC)ccc5c4)c4ccccc4-c4ccccc43)ccc2c1)(OCC)OCC. The zero-order valence-electron chi connectivity index (χ0n) is 41.9. The first-order valence-corrected chi connectivity index (χ1v) is 31.6. The van der Waals surface area contributed by atoms with Crippen LogP contribution in [0.2, 0.25) is 12.1 Å². The molecule has 0 aliphatic heterocycles. The summed E-state index contributed by atoms with van der Waals surface area (Å²) in [5, 5.41) is 4.72. The smallest absolute Gasteiger partial charge is 0.494 e. The molecule has 0 amide bonds. The topological polar surface area (TPSA) is 73.8 Å². The normalized spacial score (nSPS) is 13.2. The summed E-state index contributed by atoms with van der Waals surface area (Å²) in [5.41, 5.74) is 7.16. The Balaban J connectivity index is 1.00. The van der Waals surface area contributed by atoms with E-state index in [0.29, 0.717) is 52.9 Å². The molecule has 6 aromatic carbocycles. The molecule has 0 heterocycles. The van der Waals surface area contributed by atoms with Crippen molar-refractivity contribution in [2.45, 2.75) is 84.7 Å². The molecular weight excluding hydrogens is 933 g/mol. The molecule has 69 heavy (non-hydrogen) atoms. The van der Waals surface area contributed by atoms with Gasteiger partial charge in [-0.1, -0.05) is 84.9 Å². The third-order valence-electron chi connectivity index (χ3n) is 12.6. The highest BCUT2D eigenvalue weighted by atomic mass is 32.2. The minimum Gasteiger partial charge on any atom is -0.494 e. The minimum atomic E-state index is -2.58. The first-order chi connectivity index (χ1) is 33.9. The third-order valence-corrected chi connectivity index (χ3v) is 21.2. The fourth-order valence-corrected chi connectivity index (χ4v) is 17.3. The van der Waals surface area contributed by atoms with Crippen LogP contribution in [0.5, 0.6) is 11.5 Å². The lowest BCUT2D eigenvalue weighted by Crippen LogP contribution is -2.46. The average Bonchev–Trinajstić information content (AvgIpc) is 3.67. The summed E-state index contributed by atoms with van der Waals surface area (Å²) in [5.74, 6) is 6.00. The Bertz CT molecular complexity index is 2310. The average molecular weight is 1010 g/mol. The van der Waals surface area contributed by atoms with Crippen LogP contribution in [0.1, 0.15) is 89.5 Å². The van der Waals surface area contributed by atoms with Gasteiger partial charge in [-0.05, 0) is 182 Å². The minimum absolute atomic E-state index is 0.507. The highest BCUT2D eigenvalue weighted by molar-refractivity contribution is 7.99. The Kier molecular flexibility index (Phi) is 20.6. The Labute approximate surface area is 423 Å². The van der Waals surface area contributed by atoms with E-state index >= 15 is 0 Å². The number of rotatable bonds is 32. The predicted molar refractivity (Wildman–Crippen MR) is 294 cm³/mol. The molecule has 8 nitrogen and oxygen atoms in total. The standard InChI is InChI=1S/C57H74O8S2Si2/c1-7-60-68(61-8-2,62-9-3)39-19-37-66-35-17-33-58-51-31-27-45-41-49(29-25-47(45)43-51)57(55-23-15-13-21-53(55)54-22-14-16-24-56(54)57)50-30-26-48-44-52(32-28-46(48)42-50)59-34-18-36-67-38-20-40-69(63-10-4,64-11-5)65-12-6/h13-16,21-32,41-44H,7-12,17-20,33-40H2,1-6H3. The molecule has 1 aliphatic carbocycles. The Morgan fingerprint density at radius 1 is 0.391 bits per heavy atom. The Morgan fingerprint density at radius 3 is 1.13 bits per heavy atom. The fourth-order valence-electron chi connectivity index (χ4n) is 9.81. The molecule has 0 aromatic heterocycles. The van der Waals surface area contributed by atoms with Crippen molar-refractivity contribution >= 4 is 62.7 Å². The second-order valence-electron chi connectivity index (χ2n) is 17.1. The van der Waals surface area contributed by atoms with Crippen LogP contribution in [0, 0.1) is 0 Å². The van der Waals surface area contributed by atoms with Crippen LogP contribution < -0.4 is 9.47 Å². The zero-order valence-corrected chi connectivity index (χ0v) is 45.5. The summed E-state index contributed by atoms with van der Waals surface area (Å²) >= 11 is 3.92. The van der Waals surface area contributed by atoms with Gasteiger partial charge in [0.2, 0.25) is 0 Å². The maximum Gasteiger partial charge on any atom is 0.500 e. The highest BCUT2D eigenvalue weighted by Gasteiger charge is 2.46. The van der Waals surface area contributed by atoms with Gasteiger partial charge in [0, 0.05) is 51.7 Å². The van der Waals surface area contributed by atoms with Gasteiger partial charge in [-0.2, -0.15) is 23.5 Å². The molecule has 0 saturated heterocycles. The van der Waals surface area contributed by atoms with Crippen LogP contribution in [0.25, 0.3) is 32.7 Å². The van der Waals surface area contributed by atoms with Gasteiger partial charge in [0.25, 0.3) is 0 Å². The summed E-state index contributed by atoms with van der Waals surface area (Å²) in [6.07, 6.45) is 4.01. The van der Waals surface area contributed by atoms with E-state index in [0.717, 1.165) is 72.3 Å². The monoisotopic (exact) mass is 1010 g/mol. The summed E-state index contributed by atoms with van der Waals surface area (Å²) in [6.45, 7) is 17.2. The van der Waals surface area contributed by atoms with Gasteiger partial charge in [0.05, 0.1) is 18.6 Å². The van der Waals surface area contributed by atoms with E-state index in [2.05, 4.69) is 121 Å². The van der Waals surface area contributed by atoms with Gasteiger partial charge in [0.15, 0.2) is 0 Å². The van der Waals surface area contributed by atoms with Crippen LogP contribution in [0.15, 0.2) is 121 Å². The Morgan fingerprint density at radius 2 is 0.739 bits per heavy atom. The number of hydrogen-bond acceptors (Lipinski definition) is 10. The van der Waals surface area contributed by atoms with Gasteiger partial charge >= 0.3 is 17.6 Å². The molecule has 0 atom stereocenters. The largest absolute Gasteiger partial charge is 0.500 e. The molecular formula is C57H74O8S2Si2. The van der Waals surface area contributed by atoms with E-state index < -0.39 is 23.0 Å². The molecule has 0 fully saturated rings. The Hall–Kier alpha value is -3.67. The van der Waals surface area contributed by atoms with Crippen molar-refractivity contribution in [2.75, 3.05) is 75.9 Å². The number of benzene rings is 6. The van der Waals surface area contributed by atoms with E-state index in [1.807, 2.05) is 65.1 Å². The van der Waals surface area contributed by atoms with Crippen molar-refractivity contribution in [3.63, 3.8) is 0 Å². The lowest BCUT2D eigenvalue weighted by molar-refractivity contribution is 0.0704. The second-order valence-corrected chi connectivity index (χ2v) is 25.0. The van der Waals surface area contributed by atoms with E-state index in [9.17, 15) is 0 Å². The second kappa shape index (κ2) is 26.7. The predicted octanol–water partition coefficient (Wildman–Crippen LogP) is 14.2. The molecule has 12 heteroatoms. The van der Waals surface area contributed by atoms with Crippen molar-refractivity contribution < 1.29 is 36.0 Å². The number of ether oxygens (including phenoxy) is 2. The number of fused-ring (bicyclic) bond motifs is 5. The molecule has 7 rings (SSSR count). The first kappa shape index (κ1) is 53.1. The molecule has 0 spiro atoms. The lowest BCUT2D eigenvalue weighted by Gasteiger charge is -2.34. The molecule has 6 aromatic rings. The first-order valence-electron chi connectivity index (χ1n) is 25.4. The quantitative estimate of drug-likeness (QED) is 0.0301. The highest BCUT2D eigenvalue weighted by Crippen LogP contribution is 2.56. The molecule has 0 bridgehead atoms. The zero-order chi connectivity index (χ0) is 48.4. The molecule has 0 radical (unpaired) electrons. The summed E-state index contributed by atoms with van der Waals surface area (Å²) in [6, 6.07) is 46.7. The third kappa shape index (κ3) is 13.1. The van der Waals surface area contributed by atoms with E-state index in [1.165, 1.54) is 54.9 Å². The number of thioether (sulfide) groups is 2. The number of hydrogen-bond donors (Lipinski definition) is 0. The van der Waals surface area contributed by atoms with Crippen molar-refractivity contribution in [1.29, 1.82) is 0 Å². The molecule has 0 N–H and O–H groups in total. The van der Waals surface area contributed by atoms with Gasteiger partial charge in [-0.3, -0.25) is 0 Å². The molecule has 1 aliphatic rings. The molecule has 370 valence electrons. The van der Waals surface area contributed by atoms with Crippen molar-refractivity contribution in [2.24, 2.45) is 0 Å². The van der Waals surface area contributed by atoms with E-state index in [4.69, 9.17) is 36.0 Å². The van der Waals surface area contributed by atoms with Crippen LogP contribution in [0.4, 0.5) is 0 Å². The summed E-state index contributed by atoms with van der Waals surface area (Å²) in [7, 11) is -5.15. The van der Waals surface area contributed by atoms with Crippen LogP contribution in [-0.2, 0) is 32.0 Å². The maximum atomic E-state index is 6.32. The molecule has 0 unspecified atom stereocenters. The summed E-state index contributed by atoms with van der Waals surface area (Å²) < 4.78 is 48.8. The summed E-state index contributed by atoms with van der Waals surface area (Å²) in [4.78, 5) is 0. The van der Waals surface area contributed by atoms with E-state index in [-0.39, 0.29) is 0 Å². The lowest BCUT2D eigenvalue weighted by atomic mass is 9.67. The van der Waals surface area contributed by atoms with Gasteiger partial charge < -0.3 is 36.0 Å². The molecule has 0 saturated carbocycles. The fraction of sp³-hybridized carbons (Fsp3) is 0.439. The van der Waals surface area contributed by atoms with Crippen molar-refractivity contribution in [3.05, 3.63) is 144 Å². The van der Waals surface area contributed by atoms with Gasteiger partial charge in [-0.25, -0.2) is 0 Å². The van der Waals surface area contributed by atoms with Crippen LogP contribution >= 0.6 is 23.5 Å². The van der Waals surface area contributed by atoms with Crippen molar-refractivity contribution in [1.82, 2.24) is 0 Å². The van der Waals surface area contributed by atoms with Gasteiger partial charge in [-0.15, -0.1) is 0 Å². The van der Waals surface area contributed by atoms with E-state index in [1.54, 1.807) is 0 Å². The van der Waals surface area contributed by atoms with Crippen LogP contribution in [0.3, 0.4) is 0 Å². The van der Waals surface area contributed by atoms with Crippen molar-refractivity contribution in [3.8, 4) is 22.6 Å². The van der Waals surface area contributed by atoms with Gasteiger partial charge in [0.1, 0.15) is 11.5 Å². The van der Waals surface area contributed by atoms with Crippen LogP contribution in [-0.4, -0.2) is 93.5 Å².